The molecule has 2 aromatic heterocycles. The Morgan fingerprint density at radius 3 is 2.38 bits per heavy atom. The molecule has 0 saturated heterocycles. The van der Waals surface area contributed by atoms with Gasteiger partial charge in [0.25, 0.3) is 11.8 Å². The molecule has 1 aliphatic rings. The van der Waals surface area contributed by atoms with Crippen LogP contribution in [0, 0.1) is 19.7 Å². The molecule has 0 radical (unpaired) electrons. The molecule has 1 aliphatic carbocycles. The highest BCUT2D eigenvalue weighted by Crippen LogP contribution is 2.47. The molecular formula is C31H26FN3O3S. The number of thiazole rings is 1. The summed E-state index contributed by atoms with van der Waals surface area (Å²) >= 11 is 1.62. The first-order chi connectivity index (χ1) is 18.8. The van der Waals surface area contributed by atoms with E-state index in [1.54, 1.807) is 30.5 Å². The molecule has 39 heavy (non-hydrogen) atoms. The lowest BCUT2D eigenvalue weighted by Gasteiger charge is -2.16. The van der Waals surface area contributed by atoms with E-state index in [1.807, 2.05) is 56.4 Å². The number of hydrogen-bond donors (Lipinski definition) is 2. The van der Waals surface area contributed by atoms with Gasteiger partial charge in [-0.15, -0.1) is 11.3 Å². The number of furan rings is 1. The SMILES string of the molecule is CNC(=O)c1c(-c2ccc(F)cc2)oc2ccc(-c3cc(C(=O)NC4(c5ncc(C)s5)CC4)ccc3C)cc12. The molecule has 0 spiro atoms. The second-order valence-corrected chi connectivity index (χ2v) is 11.2. The molecule has 0 bridgehead atoms. The van der Waals surface area contributed by atoms with Crippen LogP contribution in [0.25, 0.3) is 33.4 Å². The van der Waals surface area contributed by atoms with E-state index in [0.717, 1.165) is 39.4 Å². The largest absolute Gasteiger partial charge is 0.455 e. The molecule has 0 unspecified atom stereocenters. The lowest BCUT2D eigenvalue weighted by Crippen LogP contribution is -2.34. The van der Waals surface area contributed by atoms with Crippen LogP contribution in [0.1, 0.15) is 49.0 Å². The Morgan fingerprint density at radius 2 is 1.72 bits per heavy atom. The van der Waals surface area contributed by atoms with Crippen LogP contribution in [-0.4, -0.2) is 23.8 Å². The molecule has 1 saturated carbocycles. The number of amides is 2. The quantitative estimate of drug-likeness (QED) is 0.250. The topological polar surface area (TPSA) is 84.2 Å². The Balaban J connectivity index is 1.38. The van der Waals surface area contributed by atoms with Crippen LogP contribution in [0.5, 0.6) is 0 Å². The smallest absolute Gasteiger partial charge is 0.255 e. The number of halogens is 1. The van der Waals surface area contributed by atoms with Crippen molar-refractivity contribution in [3.8, 4) is 22.5 Å². The number of nitrogens with one attached hydrogen (secondary N) is 2. The average Bonchev–Trinajstić information content (AvgIpc) is 3.40. The van der Waals surface area contributed by atoms with Gasteiger partial charge in [-0.3, -0.25) is 9.59 Å². The third kappa shape index (κ3) is 4.51. The van der Waals surface area contributed by atoms with E-state index < -0.39 is 0 Å². The number of nitrogens with zero attached hydrogens (tertiary/aromatic N) is 1. The first kappa shape index (κ1) is 25.0. The molecule has 8 heteroatoms. The number of aryl methyl sites for hydroxylation is 2. The lowest BCUT2D eigenvalue weighted by atomic mass is 9.95. The van der Waals surface area contributed by atoms with Crippen molar-refractivity contribution in [1.82, 2.24) is 15.6 Å². The number of carbonyl (C=O) groups excluding carboxylic acids is 2. The van der Waals surface area contributed by atoms with Gasteiger partial charge in [0, 0.05) is 34.6 Å². The summed E-state index contributed by atoms with van der Waals surface area (Å²) in [5.41, 5.74) is 4.42. The van der Waals surface area contributed by atoms with Crippen LogP contribution < -0.4 is 10.6 Å². The van der Waals surface area contributed by atoms with Gasteiger partial charge in [0.15, 0.2) is 0 Å². The summed E-state index contributed by atoms with van der Waals surface area (Å²) in [7, 11) is 1.56. The summed E-state index contributed by atoms with van der Waals surface area (Å²) in [6.45, 7) is 4.00. The minimum absolute atomic E-state index is 0.143. The summed E-state index contributed by atoms with van der Waals surface area (Å²) in [6, 6.07) is 17.1. The highest BCUT2D eigenvalue weighted by atomic mass is 32.1. The molecular weight excluding hydrogens is 513 g/mol. The van der Waals surface area contributed by atoms with Crippen molar-refractivity contribution < 1.29 is 18.4 Å². The van der Waals surface area contributed by atoms with Crippen molar-refractivity contribution in [3.63, 3.8) is 0 Å². The minimum Gasteiger partial charge on any atom is -0.455 e. The molecule has 0 atom stereocenters. The fourth-order valence-electron chi connectivity index (χ4n) is 4.88. The van der Waals surface area contributed by atoms with E-state index in [-0.39, 0.29) is 23.2 Å². The summed E-state index contributed by atoms with van der Waals surface area (Å²) in [4.78, 5) is 31.9. The molecule has 0 aliphatic heterocycles. The van der Waals surface area contributed by atoms with Crippen LogP contribution in [0.4, 0.5) is 4.39 Å². The Labute approximate surface area is 228 Å². The van der Waals surface area contributed by atoms with Gasteiger partial charge in [-0.1, -0.05) is 12.1 Å². The molecule has 6 nitrogen and oxygen atoms in total. The third-order valence-corrected chi connectivity index (χ3v) is 8.31. The van der Waals surface area contributed by atoms with E-state index >= 15 is 0 Å². The fraction of sp³-hybridized carbons (Fsp3) is 0.194. The zero-order valence-corrected chi connectivity index (χ0v) is 22.5. The lowest BCUT2D eigenvalue weighted by molar-refractivity contribution is 0.0929. The first-order valence-electron chi connectivity index (χ1n) is 12.7. The average molecular weight is 540 g/mol. The normalized spacial score (nSPS) is 13.8. The molecule has 2 N–H and O–H groups in total. The zero-order valence-electron chi connectivity index (χ0n) is 21.7. The molecule has 196 valence electrons. The predicted molar refractivity (Wildman–Crippen MR) is 150 cm³/mol. The maximum absolute atomic E-state index is 13.5. The van der Waals surface area contributed by atoms with E-state index in [9.17, 15) is 14.0 Å². The van der Waals surface area contributed by atoms with Crippen molar-refractivity contribution in [1.29, 1.82) is 0 Å². The number of carbonyl (C=O) groups is 2. The van der Waals surface area contributed by atoms with Crippen LogP contribution >= 0.6 is 11.3 Å². The number of benzene rings is 3. The van der Waals surface area contributed by atoms with E-state index in [0.29, 0.717) is 33.4 Å². The van der Waals surface area contributed by atoms with Crippen molar-refractivity contribution in [3.05, 3.63) is 99.3 Å². The van der Waals surface area contributed by atoms with E-state index in [4.69, 9.17) is 4.42 Å². The Morgan fingerprint density at radius 1 is 0.974 bits per heavy atom. The van der Waals surface area contributed by atoms with Gasteiger partial charge >= 0.3 is 0 Å². The van der Waals surface area contributed by atoms with Crippen LogP contribution in [0.3, 0.4) is 0 Å². The molecule has 2 amide bonds. The third-order valence-electron chi connectivity index (χ3n) is 7.19. The summed E-state index contributed by atoms with van der Waals surface area (Å²) in [6.07, 6.45) is 3.59. The van der Waals surface area contributed by atoms with Crippen molar-refractivity contribution in [2.45, 2.75) is 32.2 Å². The minimum atomic E-state index is -0.379. The van der Waals surface area contributed by atoms with Gasteiger partial charge < -0.3 is 15.1 Å². The van der Waals surface area contributed by atoms with Gasteiger partial charge in [0.2, 0.25) is 0 Å². The predicted octanol–water partition coefficient (Wildman–Crippen LogP) is 6.76. The van der Waals surface area contributed by atoms with Gasteiger partial charge in [0.05, 0.1) is 11.1 Å². The maximum atomic E-state index is 13.5. The standard InChI is InChI=1S/C31H26FN3O3S/c1-17-4-5-21(28(36)35-31(12-13-31)30-34-16-18(2)39-30)15-23(17)20-8-11-25-24(14-20)26(29(37)33-3)27(38-25)19-6-9-22(32)10-7-19/h4-11,14-16H,12-13H2,1-3H3,(H,33,37)(H,35,36). The van der Waals surface area contributed by atoms with Crippen LogP contribution in [0.15, 0.2) is 71.3 Å². The first-order valence-corrected chi connectivity index (χ1v) is 13.5. The van der Waals surface area contributed by atoms with Gasteiger partial charge in [0.1, 0.15) is 22.2 Å². The summed E-state index contributed by atoms with van der Waals surface area (Å²) in [5.74, 6) is -0.441. The second kappa shape index (κ2) is 9.47. The maximum Gasteiger partial charge on any atom is 0.255 e. The second-order valence-electron chi connectivity index (χ2n) is 9.95. The highest BCUT2D eigenvalue weighted by molar-refractivity contribution is 7.11. The number of rotatable bonds is 6. The highest BCUT2D eigenvalue weighted by Gasteiger charge is 2.48. The molecule has 5 aromatic rings. The Kier molecular flexibility index (Phi) is 6.07. The molecule has 2 heterocycles. The van der Waals surface area contributed by atoms with Gasteiger partial charge in [-0.25, -0.2) is 9.37 Å². The van der Waals surface area contributed by atoms with Crippen LogP contribution in [-0.2, 0) is 5.54 Å². The monoisotopic (exact) mass is 539 g/mol. The van der Waals surface area contributed by atoms with E-state index in [2.05, 4.69) is 15.6 Å². The number of hydrogen-bond acceptors (Lipinski definition) is 5. The van der Waals surface area contributed by atoms with Gasteiger partial charge in [-0.05, 0) is 91.9 Å². The Bertz CT molecular complexity index is 1750. The van der Waals surface area contributed by atoms with Crippen molar-refractivity contribution in [2.24, 2.45) is 0 Å². The van der Waals surface area contributed by atoms with Gasteiger partial charge in [-0.2, -0.15) is 0 Å². The number of aromatic nitrogens is 1. The molecule has 3 aromatic carbocycles. The summed E-state index contributed by atoms with van der Waals surface area (Å²) in [5, 5.41) is 7.49. The fourth-order valence-corrected chi connectivity index (χ4v) is 5.84. The Hall–Kier alpha value is -4.30. The van der Waals surface area contributed by atoms with E-state index in [1.165, 1.54) is 12.1 Å². The zero-order chi connectivity index (χ0) is 27.3. The number of fused-ring (bicyclic) bond motifs is 1. The van der Waals surface area contributed by atoms with Crippen molar-refractivity contribution in [2.75, 3.05) is 7.05 Å². The van der Waals surface area contributed by atoms with Crippen LogP contribution in [0.2, 0.25) is 0 Å². The molecule has 1 fully saturated rings. The van der Waals surface area contributed by atoms with Crippen molar-refractivity contribution >= 4 is 34.1 Å². The molecule has 6 rings (SSSR count). The summed E-state index contributed by atoms with van der Waals surface area (Å²) < 4.78 is 19.6.